The van der Waals surface area contributed by atoms with Crippen LogP contribution in [0.25, 0.3) is 0 Å². The van der Waals surface area contributed by atoms with Gasteiger partial charge < -0.3 is 33.5 Å². The first-order valence-corrected chi connectivity index (χ1v) is 15.5. The molecule has 1 saturated heterocycles. The number of fused-ring (bicyclic) bond motifs is 1. The predicted octanol–water partition coefficient (Wildman–Crippen LogP) is 3.57. The van der Waals surface area contributed by atoms with Crippen molar-refractivity contribution in [2.24, 2.45) is 11.3 Å². The molecule has 1 N–H and O–H groups in total. The smallest absolute Gasteiger partial charge is 0.338 e. The molecule has 2 aliphatic carbocycles. The molecule has 2 aromatic carbocycles. The fraction of sp³-hybridized carbons (Fsp3) is 0.514. The number of hydrogen-bond donors (Lipinski definition) is 1. The highest BCUT2D eigenvalue weighted by molar-refractivity contribution is 5.90. The van der Waals surface area contributed by atoms with Crippen molar-refractivity contribution >= 4 is 29.8 Å². The summed E-state index contributed by atoms with van der Waals surface area (Å²) in [7, 11) is 0. The Balaban J connectivity index is 1.79. The van der Waals surface area contributed by atoms with Crippen LogP contribution < -0.4 is 0 Å². The Kier molecular flexibility index (Phi) is 8.97. The molecule has 3 fully saturated rings. The van der Waals surface area contributed by atoms with Gasteiger partial charge in [0.1, 0.15) is 30.3 Å². The number of benzene rings is 2. The Bertz CT molecular complexity index is 1540. The van der Waals surface area contributed by atoms with E-state index in [2.05, 4.69) is 0 Å². The molecule has 12 nitrogen and oxygen atoms in total. The van der Waals surface area contributed by atoms with Gasteiger partial charge in [-0.25, -0.2) is 9.59 Å². The Morgan fingerprint density at radius 2 is 1.28 bits per heavy atom. The number of esters is 5. The molecule has 8 atom stereocenters. The topological polar surface area (TPSA) is 161 Å². The largest absolute Gasteiger partial charge is 0.465 e. The molecular weight excluding hydrogens is 612 g/mol. The molecule has 1 heterocycles. The zero-order valence-corrected chi connectivity index (χ0v) is 27.2. The first-order valence-electron chi connectivity index (χ1n) is 15.5. The highest BCUT2D eigenvalue weighted by atomic mass is 16.6. The average molecular weight is 653 g/mol. The van der Waals surface area contributed by atoms with Crippen molar-refractivity contribution in [3.63, 3.8) is 0 Å². The molecule has 47 heavy (non-hydrogen) atoms. The van der Waals surface area contributed by atoms with E-state index < -0.39 is 89.0 Å². The van der Waals surface area contributed by atoms with Gasteiger partial charge in [0.05, 0.1) is 22.3 Å². The van der Waals surface area contributed by atoms with Crippen LogP contribution in [0.4, 0.5) is 0 Å². The van der Waals surface area contributed by atoms with Crippen molar-refractivity contribution in [2.75, 3.05) is 6.61 Å². The Hall–Kier alpha value is -4.29. The molecular formula is C35H40O12. The molecule has 0 radical (unpaired) electrons. The molecule has 252 valence electrons. The van der Waals surface area contributed by atoms with Gasteiger partial charge in [-0.15, -0.1) is 0 Å². The van der Waals surface area contributed by atoms with Gasteiger partial charge in [-0.05, 0) is 51.5 Å². The third kappa shape index (κ3) is 5.78. The second-order valence-corrected chi connectivity index (χ2v) is 13.2. The van der Waals surface area contributed by atoms with Gasteiger partial charge in [0.15, 0.2) is 11.7 Å². The number of ether oxygens (including phenoxy) is 6. The van der Waals surface area contributed by atoms with Gasteiger partial charge in [0.25, 0.3) is 0 Å². The molecule has 2 saturated carbocycles. The second kappa shape index (κ2) is 12.4. The van der Waals surface area contributed by atoms with E-state index in [-0.39, 0.29) is 24.0 Å². The van der Waals surface area contributed by atoms with E-state index in [1.807, 2.05) is 0 Å². The Labute approximate surface area is 272 Å². The standard InChI is InChI=1S/C35H40O12/c1-20(36)42-19-34-27(45-30(39)23-13-9-7-10-14-23)17-25-28(46-31(40)24-15-11-8-12-16-24)35(34,47-32(25,4)5)33(6,41)18-26(43-21(2)37)29(34)44-22(3)38/h7-16,25-29,41H,17-19H2,1-6H3/t25-,26+,27+,28+,29+,33+,34-,35+/m1/s1. The highest BCUT2D eigenvalue weighted by Crippen LogP contribution is 2.69. The fourth-order valence-electron chi connectivity index (χ4n) is 7.97. The van der Waals surface area contributed by atoms with E-state index in [0.29, 0.717) is 0 Å². The molecule has 0 unspecified atom stereocenters. The molecule has 0 aromatic heterocycles. The third-order valence-corrected chi connectivity index (χ3v) is 9.69. The summed E-state index contributed by atoms with van der Waals surface area (Å²) < 4.78 is 36.7. The van der Waals surface area contributed by atoms with Crippen LogP contribution in [0.15, 0.2) is 60.7 Å². The molecule has 1 spiro atoms. The summed E-state index contributed by atoms with van der Waals surface area (Å²) >= 11 is 0. The number of rotatable bonds is 8. The predicted molar refractivity (Wildman–Crippen MR) is 163 cm³/mol. The summed E-state index contributed by atoms with van der Waals surface area (Å²) in [4.78, 5) is 65.2. The average Bonchev–Trinajstić information content (AvgIpc) is 3.17. The Morgan fingerprint density at radius 3 is 1.79 bits per heavy atom. The van der Waals surface area contributed by atoms with Gasteiger partial charge in [-0.2, -0.15) is 0 Å². The van der Waals surface area contributed by atoms with Crippen LogP contribution in [-0.2, 0) is 42.8 Å². The van der Waals surface area contributed by atoms with Crippen LogP contribution in [0, 0.1) is 11.3 Å². The van der Waals surface area contributed by atoms with E-state index in [9.17, 15) is 29.1 Å². The van der Waals surface area contributed by atoms with Crippen molar-refractivity contribution in [2.45, 2.75) is 95.6 Å². The maximum Gasteiger partial charge on any atom is 0.338 e. The van der Waals surface area contributed by atoms with Gasteiger partial charge >= 0.3 is 29.8 Å². The van der Waals surface area contributed by atoms with Crippen molar-refractivity contribution in [1.29, 1.82) is 0 Å². The zero-order valence-electron chi connectivity index (χ0n) is 27.2. The highest BCUT2D eigenvalue weighted by Gasteiger charge is 2.86. The SMILES string of the molecule is CC(=O)OC[C@]12[C@@H](OC(=O)c3ccccc3)C[C@@H]3[C@H](OC(=O)c4ccccc4)[C@]1(OC3(C)C)[C@@](C)(O)C[C@H](OC(C)=O)[C@@H]2OC(C)=O. The maximum absolute atomic E-state index is 13.7. The van der Waals surface area contributed by atoms with Gasteiger partial charge in [0, 0.05) is 33.1 Å². The normalized spacial score (nSPS) is 33.5. The number of aliphatic hydroxyl groups is 1. The maximum atomic E-state index is 13.7. The summed E-state index contributed by atoms with van der Waals surface area (Å²) in [5, 5.41) is 12.6. The minimum atomic E-state index is -2.05. The van der Waals surface area contributed by atoms with Crippen LogP contribution in [0.3, 0.4) is 0 Å². The monoisotopic (exact) mass is 652 g/mol. The second-order valence-electron chi connectivity index (χ2n) is 13.2. The third-order valence-electron chi connectivity index (χ3n) is 9.69. The van der Waals surface area contributed by atoms with Gasteiger partial charge in [-0.3, -0.25) is 14.4 Å². The molecule has 12 heteroatoms. The van der Waals surface area contributed by atoms with Crippen molar-refractivity contribution < 1.29 is 57.5 Å². The van der Waals surface area contributed by atoms with Crippen LogP contribution in [0.5, 0.6) is 0 Å². The van der Waals surface area contributed by atoms with Crippen molar-refractivity contribution in [3.05, 3.63) is 71.8 Å². The first kappa shape index (κ1) is 34.1. The summed E-state index contributed by atoms with van der Waals surface area (Å²) in [5.41, 5.74) is -6.77. The van der Waals surface area contributed by atoms with Crippen LogP contribution in [0.1, 0.15) is 75.1 Å². The van der Waals surface area contributed by atoms with E-state index >= 15 is 0 Å². The van der Waals surface area contributed by atoms with Gasteiger partial charge in [0.2, 0.25) is 0 Å². The first-order chi connectivity index (χ1) is 22.1. The minimum absolute atomic E-state index is 0.0397. The lowest BCUT2D eigenvalue weighted by molar-refractivity contribution is -0.354. The lowest BCUT2D eigenvalue weighted by Crippen LogP contribution is -2.83. The van der Waals surface area contributed by atoms with Crippen LogP contribution >= 0.6 is 0 Å². The number of carbonyl (C=O) groups is 5. The minimum Gasteiger partial charge on any atom is -0.465 e. The van der Waals surface area contributed by atoms with E-state index in [1.165, 1.54) is 6.92 Å². The summed E-state index contributed by atoms with van der Waals surface area (Å²) in [6, 6.07) is 16.4. The van der Waals surface area contributed by atoms with Crippen LogP contribution in [0.2, 0.25) is 0 Å². The lowest BCUT2D eigenvalue weighted by atomic mass is 9.46. The Morgan fingerprint density at radius 1 is 0.745 bits per heavy atom. The van der Waals surface area contributed by atoms with Crippen molar-refractivity contribution in [1.82, 2.24) is 0 Å². The molecule has 2 aromatic rings. The summed E-state index contributed by atoms with van der Waals surface area (Å²) in [5.74, 6) is -4.44. The lowest BCUT2D eigenvalue weighted by Gasteiger charge is -2.65. The van der Waals surface area contributed by atoms with Gasteiger partial charge in [-0.1, -0.05) is 36.4 Å². The van der Waals surface area contributed by atoms with Crippen molar-refractivity contribution in [3.8, 4) is 0 Å². The molecule has 5 rings (SSSR count). The van der Waals surface area contributed by atoms with E-state index in [1.54, 1.807) is 74.5 Å². The summed E-state index contributed by atoms with van der Waals surface area (Å²) in [6.45, 7) is 7.77. The summed E-state index contributed by atoms with van der Waals surface area (Å²) in [6.07, 6.45) is -5.75. The van der Waals surface area contributed by atoms with E-state index in [0.717, 1.165) is 20.8 Å². The molecule has 2 bridgehead atoms. The fourth-order valence-corrected chi connectivity index (χ4v) is 7.97. The number of hydrogen-bond acceptors (Lipinski definition) is 12. The number of carbonyl (C=O) groups excluding carboxylic acids is 5. The zero-order chi connectivity index (χ0) is 34.4. The van der Waals surface area contributed by atoms with Crippen LogP contribution in [-0.4, -0.2) is 82.8 Å². The molecule has 0 amide bonds. The molecule has 1 aliphatic heterocycles. The quantitative estimate of drug-likeness (QED) is 0.327. The van der Waals surface area contributed by atoms with E-state index in [4.69, 9.17) is 28.4 Å². The molecule has 3 aliphatic rings.